The van der Waals surface area contributed by atoms with Crippen LogP contribution < -0.4 is 0 Å². The highest BCUT2D eigenvalue weighted by Gasteiger charge is 2.39. The molecule has 0 aliphatic heterocycles. The van der Waals surface area contributed by atoms with E-state index in [4.69, 9.17) is 4.42 Å². The molecule has 2 aliphatic carbocycles. The zero-order chi connectivity index (χ0) is 18.9. The topological polar surface area (TPSA) is 46.3 Å². The molecule has 1 atom stereocenters. The summed E-state index contributed by atoms with van der Waals surface area (Å²) >= 11 is 0. The number of carbonyl (C=O) groups is 1. The molecule has 1 heterocycles. The average Bonchev–Trinajstić information content (AvgIpc) is 3.46. The molecule has 28 heavy (non-hydrogen) atoms. The van der Waals surface area contributed by atoms with Gasteiger partial charge in [-0.25, -0.2) is 4.98 Å². The minimum Gasteiger partial charge on any atom is -0.444 e. The van der Waals surface area contributed by atoms with Crippen LogP contribution in [0.4, 0.5) is 0 Å². The fourth-order valence-corrected chi connectivity index (χ4v) is 4.35. The van der Waals surface area contributed by atoms with E-state index in [1.807, 2.05) is 30.3 Å². The molecular weight excluding hydrogens is 348 g/mol. The SMILES string of the molecule is O=C(Cc1coc(-c2ccccc2)n1)N(C1CC1)C1CCCc2ccccc21. The molecule has 4 nitrogen and oxygen atoms in total. The normalized spacial score (nSPS) is 18.5. The zero-order valence-corrected chi connectivity index (χ0v) is 15.9. The lowest BCUT2D eigenvalue weighted by molar-refractivity contribution is -0.134. The summed E-state index contributed by atoms with van der Waals surface area (Å²) in [7, 11) is 0. The van der Waals surface area contributed by atoms with Crippen LogP contribution in [0.3, 0.4) is 0 Å². The van der Waals surface area contributed by atoms with Gasteiger partial charge in [0.15, 0.2) is 0 Å². The Bertz CT molecular complexity index is 975. The molecule has 0 saturated heterocycles. The van der Waals surface area contributed by atoms with E-state index in [1.165, 1.54) is 11.1 Å². The van der Waals surface area contributed by atoms with Gasteiger partial charge < -0.3 is 9.32 Å². The average molecular weight is 372 g/mol. The first-order chi connectivity index (χ1) is 13.8. The maximum Gasteiger partial charge on any atom is 0.229 e. The summed E-state index contributed by atoms with van der Waals surface area (Å²) in [5, 5.41) is 0. The van der Waals surface area contributed by atoms with E-state index in [0.717, 1.165) is 37.7 Å². The molecule has 142 valence electrons. The molecule has 2 aliphatic rings. The number of hydrogen-bond acceptors (Lipinski definition) is 3. The van der Waals surface area contributed by atoms with Crippen molar-refractivity contribution < 1.29 is 9.21 Å². The van der Waals surface area contributed by atoms with Crippen molar-refractivity contribution in [1.82, 2.24) is 9.88 Å². The van der Waals surface area contributed by atoms with Crippen LogP contribution in [0.2, 0.25) is 0 Å². The standard InChI is InChI=1S/C24H24N2O2/c27-23(15-19-16-28-24(25-19)18-8-2-1-3-9-18)26(20-13-14-20)22-12-6-10-17-7-4-5-11-21(17)22/h1-5,7-9,11,16,20,22H,6,10,12-15H2. The van der Waals surface area contributed by atoms with Crippen LogP contribution in [0.15, 0.2) is 65.3 Å². The van der Waals surface area contributed by atoms with Crippen molar-refractivity contribution in [1.29, 1.82) is 0 Å². The monoisotopic (exact) mass is 372 g/mol. The predicted molar refractivity (Wildman–Crippen MR) is 108 cm³/mol. The number of hydrogen-bond donors (Lipinski definition) is 0. The van der Waals surface area contributed by atoms with Crippen molar-refractivity contribution in [2.75, 3.05) is 0 Å². The fourth-order valence-electron chi connectivity index (χ4n) is 4.35. The molecule has 1 saturated carbocycles. The minimum absolute atomic E-state index is 0.164. The van der Waals surface area contributed by atoms with Crippen molar-refractivity contribution in [3.8, 4) is 11.5 Å². The van der Waals surface area contributed by atoms with Gasteiger partial charge in [-0.2, -0.15) is 0 Å². The van der Waals surface area contributed by atoms with E-state index in [0.29, 0.717) is 24.0 Å². The Hall–Kier alpha value is -2.88. The van der Waals surface area contributed by atoms with E-state index in [9.17, 15) is 4.79 Å². The first kappa shape index (κ1) is 17.2. The third-order valence-electron chi connectivity index (χ3n) is 5.81. The van der Waals surface area contributed by atoms with Crippen LogP contribution in [0.25, 0.3) is 11.5 Å². The Morgan fingerprint density at radius 2 is 1.82 bits per heavy atom. The lowest BCUT2D eigenvalue weighted by atomic mass is 9.86. The van der Waals surface area contributed by atoms with E-state index >= 15 is 0 Å². The highest BCUT2D eigenvalue weighted by atomic mass is 16.3. The van der Waals surface area contributed by atoms with Crippen LogP contribution in [-0.2, 0) is 17.6 Å². The Morgan fingerprint density at radius 3 is 2.64 bits per heavy atom. The molecule has 1 unspecified atom stereocenters. The maximum absolute atomic E-state index is 13.3. The quantitative estimate of drug-likeness (QED) is 0.636. The van der Waals surface area contributed by atoms with Gasteiger partial charge in [-0.3, -0.25) is 4.79 Å². The van der Waals surface area contributed by atoms with Gasteiger partial charge in [0.25, 0.3) is 0 Å². The maximum atomic E-state index is 13.3. The summed E-state index contributed by atoms with van der Waals surface area (Å²) in [6, 6.07) is 19.0. The van der Waals surface area contributed by atoms with Crippen LogP contribution in [0, 0.1) is 0 Å². The number of fused-ring (bicyclic) bond motifs is 1. The Labute approximate surface area is 165 Å². The molecule has 0 bridgehead atoms. The molecule has 1 aromatic heterocycles. The Morgan fingerprint density at radius 1 is 1.04 bits per heavy atom. The molecule has 0 radical (unpaired) electrons. The summed E-state index contributed by atoms with van der Waals surface area (Å²) in [5.74, 6) is 0.737. The first-order valence-electron chi connectivity index (χ1n) is 10.2. The van der Waals surface area contributed by atoms with Crippen LogP contribution >= 0.6 is 0 Å². The van der Waals surface area contributed by atoms with Gasteiger partial charge in [0.1, 0.15) is 6.26 Å². The number of benzene rings is 2. The van der Waals surface area contributed by atoms with Crippen LogP contribution in [-0.4, -0.2) is 21.8 Å². The van der Waals surface area contributed by atoms with E-state index < -0.39 is 0 Å². The van der Waals surface area contributed by atoms with Crippen molar-refractivity contribution >= 4 is 5.91 Å². The molecule has 0 N–H and O–H groups in total. The molecule has 4 heteroatoms. The molecule has 1 amide bonds. The number of amides is 1. The van der Waals surface area contributed by atoms with E-state index in [2.05, 4.69) is 34.1 Å². The highest BCUT2D eigenvalue weighted by molar-refractivity contribution is 5.79. The lowest BCUT2D eigenvalue weighted by Crippen LogP contribution is -2.39. The largest absolute Gasteiger partial charge is 0.444 e. The molecule has 3 aromatic rings. The fraction of sp³-hybridized carbons (Fsp3) is 0.333. The Balaban J connectivity index is 1.37. The predicted octanol–water partition coefficient (Wildman–Crippen LogP) is 4.95. The zero-order valence-electron chi connectivity index (χ0n) is 15.9. The number of oxazole rings is 1. The molecule has 5 rings (SSSR count). The van der Waals surface area contributed by atoms with Gasteiger partial charge in [0.2, 0.25) is 11.8 Å². The second-order valence-corrected chi connectivity index (χ2v) is 7.83. The van der Waals surface area contributed by atoms with Gasteiger partial charge in [-0.1, -0.05) is 42.5 Å². The van der Waals surface area contributed by atoms with Crippen molar-refractivity contribution in [3.63, 3.8) is 0 Å². The minimum atomic E-state index is 0.164. The van der Waals surface area contributed by atoms with E-state index in [-0.39, 0.29) is 11.9 Å². The van der Waals surface area contributed by atoms with Gasteiger partial charge in [-0.05, 0) is 55.4 Å². The molecular formula is C24H24N2O2. The summed E-state index contributed by atoms with van der Waals surface area (Å²) in [4.78, 5) is 20.0. The van der Waals surface area contributed by atoms with Crippen LogP contribution in [0.1, 0.15) is 48.5 Å². The van der Waals surface area contributed by atoms with E-state index in [1.54, 1.807) is 6.26 Å². The Kier molecular flexibility index (Phi) is 4.47. The van der Waals surface area contributed by atoms with Gasteiger partial charge in [0, 0.05) is 11.6 Å². The third-order valence-corrected chi connectivity index (χ3v) is 5.81. The number of rotatable bonds is 5. The summed E-state index contributed by atoms with van der Waals surface area (Å²) < 4.78 is 5.63. The van der Waals surface area contributed by atoms with Gasteiger partial charge in [-0.15, -0.1) is 0 Å². The molecule has 2 aromatic carbocycles. The number of nitrogens with zero attached hydrogens (tertiary/aromatic N) is 2. The van der Waals surface area contributed by atoms with Crippen molar-refractivity contribution in [2.24, 2.45) is 0 Å². The second-order valence-electron chi connectivity index (χ2n) is 7.83. The second kappa shape index (κ2) is 7.27. The highest BCUT2D eigenvalue weighted by Crippen LogP contribution is 2.41. The molecule has 0 spiro atoms. The van der Waals surface area contributed by atoms with Crippen molar-refractivity contribution in [2.45, 2.75) is 50.6 Å². The number of carbonyl (C=O) groups excluding carboxylic acids is 1. The van der Waals surface area contributed by atoms with Crippen molar-refractivity contribution in [3.05, 3.63) is 77.7 Å². The smallest absolute Gasteiger partial charge is 0.229 e. The van der Waals surface area contributed by atoms with Gasteiger partial charge >= 0.3 is 0 Å². The van der Waals surface area contributed by atoms with Gasteiger partial charge in [0.05, 0.1) is 18.2 Å². The summed E-state index contributed by atoms with van der Waals surface area (Å²) in [5.41, 5.74) is 4.36. The summed E-state index contributed by atoms with van der Waals surface area (Å²) in [6.45, 7) is 0. The summed E-state index contributed by atoms with van der Waals surface area (Å²) in [6.07, 6.45) is 7.44. The number of aryl methyl sites for hydroxylation is 1. The third kappa shape index (κ3) is 3.35. The number of aromatic nitrogens is 1. The first-order valence-corrected chi connectivity index (χ1v) is 10.2. The molecule has 1 fully saturated rings. The lowest BCUT2D eigenvalue weighted by Gasteiger charge is -2.36. The van der Waals surface area contributed by atoms with Crippen LogP contribution in [0.5, 0.6) is 0 Å².